The largest absolute Gasteiger partial charge is 0.481 e. The molecule has 2 fully saturated rings. The maximum atomic E-state index is 12.2. The molecule has 1 N–H and O–H groups in total. The second-order valence-corrected chi connectivity index (χ2v) is 5.43. The normalized spacial score (nSPS) is 29.2. The summed E-state index contributed by atoms with van der Waals surface area (Å²) in [4.78, 5) is 26.9. The van der Waals surface area contributed by atoms with Gasteiger partial charge in [0, 0.05) is 19.6 Å². The van der Waals surface area contributed by atoms with Crippen molar-refractivity contribution in [2.75, 3.05) is 39.3 Å². The van der Waals surface area contributed by atoms with E-state index in [0.717, 1.165) is 13.0 Å². The van der Waals surface area contributed by atoms with Crippen LogP contribution in [-0.4, -0.2) is 72.2 Å². The molecule has 0 radical (unpaired) electrons. The Morgan fingerprint density at radius 2 is 2.11 bits per heavy atom. The molecule has 0 bridgehead atoms. The molecule has 0 aromatic carbocycles. The number of nitrogens with zero attached hydrogens (tertiary/aromatic N) is 2. The molecule has 2 aliphatic rings. The first-order valence-corrected chi connectivity index (χ1v) is 6.91. The monoisotopic (exact) mass is 270 g/mol. The number of hydrogen-bond acceptors (Lipinski definition) is 4. The van der Waals surface area contributed by atoms with Gasteiger partial charge in [-0.15, -0.1) is 0 Å². The zero-order valence-corrected chi connectivity index (χ0v) is 11.4. The summed E-state index contributed by atoms with van der Waals surface area (Å²) in [6.45, 7) is 5.45. The van der Waals surface area contributed by atoms with E-state index in [-0.39, 0.29) is 17.9 Å². The lowest BCUT2D eigenvalue weighted by atomic mass is 9.98. The van der Waals surface area contributed by atoms with Crippen molar-refractivity contribution in [2.24, 2.45) is 5.92 Å². The van der Waals surface area contributed by atoms with Crippen molar-refractivity contribution in [1.29, 1.82) is 0 Å². The summed E-state index contributed by atoms with van der Waals surface area (Å²) in [5, 5.41) is 9.04. The summed E-state index contributed by atoms with van der Waals surface area (Å²) in [6.07, 6.45) is 1.66. The lowest BCUT2D eigenvalue weighted by Crippen LogP contribution is -2.50. The standard InChI is InChI=1S/C13H22N2O4/c1-10-7-15(5-6-19-10)12(16)9-14-4-2-3-11(8-14)13(17)18/h10-11H,2-9H2,1H3,(H,17,18). The van der Waals surface area contributed by atoms with Crippen molar-refractivity contribution in [1.82, 2.24) is 9.80 Å². The van der Waals surface area contributed by atoms with Crippen LogP contribution >= 0.6 is 0 Å². The maximum Gasteiger partial charge on any atom is 0.307 e. The molecule has 0 aromatic heterocycles. The molecule has 2 heterocycles. The number of piperidine rings is 1. The zero-order chi connectivity index (χ0) is 13.8. The number of hydrogen-bond donors (Lipinski definition) is 1. The van der Waals surface area contributed by atoms with E-state index in [1.807, 2.05) is 16.7 Å². The molecule has 6 nitrogen and oxygen atoms in total. The average molecular weight is 270 g/mol. The minimum absolute atomic E-state index is 0.0844. The summed E-state index contributed by atoms with van der Waals surface area (Å²) >= 11 is 0. The topological polar surface area (TPSA) is 70.1 Å². The first-order chi connectivity index (χ1) is 9.06. The van der Waals surface area contributed by atoms with Gasteiger partial charge in [-0.3, -0.25) is 14.5 Å². The molecule has 19 heavy (non-hydrogen) atoms. The van der Waals surface area contributed by atoms with E-state index < -0.39 is 5.97 Å². The second-order valence-electron chi connectivity index (χ2n) is 5.43. The molecule has 0 saturated carbocycles. The highest BCUT2D eigenvalue weighted by molar-refractivity contribution is 5.78. The van der Waals surface area contributed by atoms with Gasteiger partial charge in [0.25, 0.3) is 0 Å². The number of carboxylic acid groups (broad SMARTS) is 1. The minimum atomic E-state index is -0.753. The lowest BCUT2D eigenvalue weighted by Gasteiger charge is -2.35. The minimum Gasteiger partial charge on any atom is -0.481 e. The van der Waals surface area contributed by atoms with E-state index in [1.54, 1.807) is 0 Å². The third-order valence-electron chi connectivity index (χ3n) is 3.81. The highest BCUT2D eigenvalue weighted by Gasteiger charge is 2.28. The van der Waals surface area contributed by atoms with Crippen LogP contribution in [0.2, 0.25) is 0 Å². The Labute approximate surface area is 113 Å². The van der Waals surface area contributed by atoms with Crippen molar-refractivity contribution < 1.29 is 19.4 Å². The highest BCUT2D eigenvalue weighted by Crippen LogP contribution is 2.16. The quantitative estimate of drug-likeness (QED) is 0.783. The molecule has 6 heteroatoms. The van der Waals surface area contributed by atoms with Gasteiger partial charge in [0.05, 0.1) is 25.2 Å². The Bertz CT molecular complexity index is 348. The van der Waals surface area contributed by atoms with E-state index >= 15 is 0 Å². The molecule has 0 aromatic rings. The number of morpholine rings is 1. The fraction of sp³-hybridized carbons (Fsp3) is 0.846. The Morgan fingerprint density at radius 1 is 1.32 bits per heavy atom. The van der Waals surface area contributed by atoms with Gasteiger partial charge in [-0.1, -0.05) is 0 Å². The third kappa shape index (κ3) is 3.91. The molecule has 108 valence electrons. The highest BCUT2D eigenvalue weighted by atomic mass is 16.5. The van der Waals surface area contributed by atoms with E-state index in [4.69, 9.17) is 9.84 Å². The van der Waals surface area contributed by atoms with Gasteiger partial charge in [-0.25, -0.2) is 0 Å². The van der Waals surface area contributed by atoms with Crippen LogP contribution in [0.5, 0.6) is 0 Å². The van der Waals surface area contributed by atoms with Crippen molar-refractivity contribution >= 4 is 11.9 Å². The smallest absolute Gasteiger partial charge is 0.307 e. The summed E-state index contributed by atoms with van der Waals surface area (Å²) in [6, 6.07) is 0. The number of aliphatic carboxylic acids is 1. The molecule has 2 unspecified atom stereocenters. The summed E-state index contributed by atoms with van der Waals surface area (Å²) in [5.41, 5.74) is 0. The molecular formula is C13H22N2O4. The van der Waals surface area contributed by atoms with Crippen molar-refractivity contribution in [3.05, 3.63) is 0 Å². The molecular weight excluding hydrogens is 248 g/mol. The molecule has 1 amide bonds. The Kier molecular flexibility index (Phi) is 4.76. The van der Waals surface area contributed by atoms with Crippen LogP contribution in [0.4, 0.5) is 0 Å². The van der Waals surface area contributed by atoms with Gasteiger partial charge >= 0.3 is 5.97 Å². The van der Waals surface area contributed by atoms with E-state index in [1.165, 1.54) is 0 Å². The van der Waals surface area contributed by atoms with Crippen LogP contribution in [0.25, 0.3) is 0 Å². The van der Waals surface area contributed by atoms with Crippen LogP contribution < -0.4 is 0 Å². The first kappa shape index (κ1) is 14.3. The number of rotatable bonds is 3. The number of likely N-dealkylation sites (tertiary alicyclic amines) is 1. The van der Waals surface area contributed by atoms with Crippen LogP contribution in [0.3, 0.4) is 0 Å². The van der Waals surface area contributed by atoms with Gasteiger partial charge in [0.15, 0.2) is 0 Å². The zero-order valence-electron chi connectivity index (χ0n) is 11.4. The van der Waals surface area contributed by atoms with Crippen LogP contribution in [0, 0.1) is 5.92 Å². The summed E-state index contributed by atoms with van der Waals surface area (Å²) in [5.74, 6) is -0.997. The number of amides is 1. The fourth-order valence-corrected chi connectivity index (χ4v) is 2.74. The molecule has 2 aliphatic heterocycles. The average Bonchev–Trinajstić information content (AvgIpc) is 2.39. The van der Waals surface area contributed by atoms with Gasteiger partial charge in [-0.05, 0) is 26.3 Å². The molecule has 0 aliphatic carbocycles. The predicted molar refractivity (Wildman–Crippen MR) is 68.8 cm³/mol. The van der Waals surface area contributed by atoms with Crippen molar-refractivity contribution in [3.8, 4) is 0 Å². The fourth-order valence-electron chi connectivity index (χ4n) is 2.74. The van der Waals surface area contributed by atoms with Crippen molar-refractivity contribution in [2.45, 2.75) is 25.9 Å². The van der Waals surface area contributed by atoms with Gasteiger partial charge in [-0.2, -0.15) is 0 Å². The van der Waals surface area contributed by atoms with Gasteiger partial charge < -0.3 is 14.7 Å². The number of carbonyl (C=O) groups excluding carboxylic acids is 1. The summed E-state index contributed by atoms with van der Waals surface area (Å²) < 4.78 is 5.41. The Morgan fingerprint density at radius 3 is 2.79 bits per heavy atom. The number of ether oxygens (including phenoxy) is 1. The van der Waals surface area contributed by atoms with Crippen LogP contribution in [-0.2, 0) is 14.3 Å². The maximum absolute atomic E-state index is 12.2. The number of carbonyl (C=O) groups is 2. The molecule has 2 saturated heterocycles. The first-order valence-electron chi connectivity index (χ1n) is 6.91. The van der Waals surface area contributed by atoms with Crippen LogP contribution in [0.15, 0.2) is 0 Å². The Balaban J connectivity index is 1.82. The van der Waals surface area contributed by atoms with Crippen LogP contribution in [0.1, 0.15) is 19.8 Å². The predicted octanol–water partition coefficient (Wildman–Crippen LogP) is 0.0303. The second kappa shape index (κ2) is 6.34. The Hall–Kier alpha value is -1.14. The van der Waals surface area contributed by atoms with Gasteiger partial charge in [0.1, 0.15) is 0 Å². The molecule has 2 rings (SSSR count). The summed E-state index contributed by atoms with van der Waals surface area (Å²) in [7, 11) is 0. The molecule has 2 atom stereocenters. The third-order valence-corrected chi connectivity index (χ3v) is 3.81. The van der Waals surface area contributed by atoms with E-state index in [0.29, 0.717) is 39.2 Å². The lowest BCUT2D eigenvalue weighted by molar-refractivity contribution is -0.146. The van der Waals surface area contributed by atoms with Gasteiger partial charge in [0.2, 0.25) is 5.91 Å². The number of carboxylic acids is 1. The van der Waals surface area contributed by atoms with Crippen molar-refractivity contribution in [3.63, 3.8) is 0 Å². The van der Waals surface area contributed by atoms with E-state index in [2.05, 4.69) is 0 Å². The van der Waals surface area contributed by atoms with E-state index in [9.17, 15) is 9.59 Å². The SMILES string of the molecule is CC1CN(C(=O)CN2CCCC(C(=O)O)C2)CCO1. The molecule has 0 spiro atoms.